The molecule has 0 amide bonds. The number of rotatable bonds is 3. The van der Waals surface area contributed by atoms with E-state index in [0.717, 1.165) is 30.3 Å². The Morgan fingerprint density at radius 3 is 2.47 bits per heavy atom. The molecule has 0 bridgehead atoms. The Labute approximate surface area is 118 Å². The minimum Gasteiger partial charge on any atom is -0.311 e. The maximum absolute atomic E-state index is 11.3. The van der Waals surface area contributed by atoms with Gasteiger partial charge >= 0.3 is 0 Å². The van der Waals surface area contributed by atoms with E-state index in [1.54, 1.807) is 0 Å². The fraction of sp³-hybridized carbons (Fsp3) is 0.625. The van der Waals surface area contributed by atoms with Crippen LogP contribution in [-0.4, -0.2) is 27.8 Å². The summed E-state index contributed by atoms with van der Waals surface area (Å²) in [5.74, 6) is 2.54. The molecule has 0 aromatic heterocycles. The van der Waals surface area contributed by atoms with Crippen molar-refractivity contribution in [3.05, 3.63) is 35.4 Å². The molecule has 1 aromatic carbocycles. The highest BCUT2D eigenvalue weighted by atomic mass is 32.2. The summed E-state index contributed by atoms with van der Waals surface area (Å²) in [6.45, 7) is 2.21. The highest BCUT2D eigenvalue weighted by Gasteiger charge is 2.32. The Kier molecular flexibility index (Phi) is 4.04. The molecule has 2 fully saturated rings. The lowest BCUT2D eigenvalue weighted by Gasteiger charge is -2.40. The minimum atomic E-state index is -0.539. The zero-order valence-electron chi connectivity index (χ0n) is 11.6. The lowest BCUT2D eigenvalue weighted by atomic mass is 9.74. The fourth-order valence-corrected chi connectivity index (χ4v) is 4.65. The van der Waals surface area contributed by atoms with Gasteiger partial charge in [-0.2, -0.15) is 0 Å². The van der Waals surface area contributed by atoms with Gasteiger partial charge in [-0.05, 0) is 49.7 Å². The maximum Gasteiger partial charge on any atom is 0.0249 e. The molecule has 1 aromatic rings. The van der Waals surface area contributed by atoms with Gasteiger partial charge in [0.15, 0.2) is 0 Å². The molecule has 1 saturated carbocycles. The first-order valence-corrected chi connectivity index (χ1v) is 8.87. The SMILES string of the molecule is Cc1ccccc1C1CC(NC2CCS(=O)CC2)C1. The second-order valence-corrected chi connectivity index (χ2v) is 7.71. The van der Waals surface area contributed by atoms with Crippen molar-refractivity contribution in [3.8, 4) is 0 Å². The largest absolute Gasteiger partial charge is 0.311 e. The van der Waals surface area contributed by atoms with Gasteiger partial charge in [0.25, 0.3) is 0 Å². The Bertz CT molecular complexity index is 458. The Morgan fingerprint density at radius 2 is 1.79 bits per heavy atom. The van der Waals surface area contributed by atoms with Crippen LogP contribution in [0, 0.1) is 6.92 Å². The van der Waals surface area contributed by atoms with Gasteiger partial charge in [-0.25, -0.2) is 0 Å². The zero-order chi connectivity index (χ0) is 13.2. The van der Waals surface area contributed by atoms with Crippen molar-refractivity contribution in [3.63, 3.8) is 0 Å². The molecule has 104 valence electrons. The highest BCUT2D eigenvalue weighted by Crippen LogP contribution is 2.38. The van der Waals surface area contributed by atoms with Crippen molar-refractivity contribution in [1.82, 2.24) is 5.32 Å². The third kappa shape index (κ3) is 3.09. The zero-order valence-corrected chi connectivity index (χ0v) is 12.4. The van der Waals surface area contributed by atoms with Crippen LogP contribution in [0.25, 0.3) is 0 Å². The molecule has 1 N–H and O–H groups in total. The van der Waals surface area contributed by atoms with Crippen molar-refractivity contribution in [2.75, 3.05) is 11.5 Å². The molecule has 2 nitrogen and oxygen atoms in total. The van der Waals surface area contributed by atoms with Crippen LogP contribution in [0.5, 0.6) is 0 Å². The molecule has 1 saturated heterocycles. The lowest BCUT2D eigenvalue weighted by molar-refractivity contribution is 0.257. The Balaban J connectivity index is 1.48. The van der Waals surface area contributed by atoms with Crippen LogP contribution >= 0.6 is 0 Å². The van der Waals surface area contributed by atoms with E-state index in [4.69, 9.17) is 0 Å². The second-order valence-electron chi connectivity index (χ2n) is 6.01. The molecule has 1 heterocycles. The average molecular weight is 277 g/mol. The van der Waals surface area contributed by atoms with Crippen LogP contribution in [0.4, 0.5) is 0 Å². The molecular weight excluding hydrogens is 254 g/mol. The van der Waals surface area contributed by atoms with Crippen molar-refractivity contribution >= 4 is 10.8 Å². The summed E-state index contributed by atoms with van der Waals surface area (Å²) < 4.78 is 11.3. The van der Waals surface area contributed by atoms with Gasteiger partial charge in [-0.15, -0.1) is 0 Å². The van der Waals surface area contributed by atoms with E-state index in [2.05, 4.69) is 36.5 Å². The quantitative estimate of drug-likeness (QED) is 0.920. The Morgan fingerprint density at radius 1 is 1.11 bits per heavy atom. The Hall–Kier alpha value is -0.670. The van der Waals surface area contributed by atoms with Gasteiger partial charge in [-0.1, -0.05) is 24.3 Å². The first kappa shape index (κ1) is 13.3. The first-order chi connectivity index (χ1) is 9.22. The van der Waals surface area contributed by atoms with E-state index in [9.17, 15) is 4.21 Å². The number of hydrogen-bond acceptors (Lipinski definition) is 2. The molecule has 0 spiro atoms. The minimum absolute atomic E-state index is 0.539. The summed E-state index contributed by atoms with van der Waals surface area (Å²) in [5, 5.41) is 3.76. The average Bonchev–Trinajstić information content (AvgIpc) is 2.37. The van der Waals surface area contributed by atoms with Gasteiger partial charge < -0.3 is 5.32 Å². The standard InChI is InChI=1S/C16H23NOS/c1-12-4-2-3-5-16(12)13-10-15(11-13)17-14-6-8-19(18)9-7-14/h2-5,13-15,17H,6-11H2,1H3. The molecule has 0 radical (unpaired) electrons. The van der Waals surface area contributed by atoms with Crippen LogP contribution in [0.3, 0.4) is 0 Å². The predicted octanol–water partition coefficient (Wildman–Crippen LogP) is 2.74. The third-order valence-corrected chi connectivity index (χ3v) is 6.01. The molecule has 0 unspecified atom stereocenters. The lowest BCUT2D eigenvalue weighted by Crippen LogP contribution is -2.47. The molecule has 3 heteroatoms. The van der Waals surface area contributed by atoms with Gasteiger partial charge in [0.1, 0.15) is 0 Å². The maximum atomic E-state index is 11.3. The number of hydrogen-bond donors (Lipinski definition) is 1. The third-order valence-electron chi connectivity index (χ3n) is 4.63. The molecule has 1 aliphatic carbocycles. The van der Waals surface area contributed by atoms with Gasteiger partial charge in [0.05, 0.1) is 0 Å². The van der Waals surface area contributed by atoms with E-state index < -0.39 is 10.8 Å². The van der Waals surface area contributed by atoms with Gasteiger partial charge in [-0.3, -0.25) is 4.21 Å². The van der Waals surface area contributed by atoms with E-state index in [1.807, 2.05) is 0 Å². The number of nitrogens with one attached hydrogen (secondary N) is 1. The number of benzene rings is 1. The molecule has 3 rings (SSSR count). The fourth-order valence-electron chi connectivity index (χ4n) is 3.35. The van der Waals surface area contributed by atoms with E-state index in [0.29, 0.717) is 12.1 Å². The van der Waals surface area contributed by atoms with Crippen molar-refractivity contribution in [2.45, 2.75) is 50.6 Å². The van der Waals surface area contributed by atoms with Crippen LogP contribution in [0.2, 0.25) is 0 Å². The molecule has 0 atom stereocenters. The monoisotopic (exact) mass is 277 g/mol. The van der Waals surface area contributed by atoms with Crippen molar-refractivity contribution < 1.29 is 4.21 Å². The summed E-state index contributed by atoms with van der Waals surface area (Å²) in [6.07, 6.45) is 4.73. The van der Waals surface area contributed by atoms with Gasteiger partial charge in [0.2, 0.25) is 0 Å². The molecule has 1 aliphatic heterocycles. The molecule has 19 heavy (non-hydrogen) atoms. The summed E-state index contributed by atoms with van der Waals surface area (Å²) >= 11 is 0. The van der Waals surface area contributed by atoms with E-state index in [1.165, 1.54) is 24.0 Å². The summed E-state index contributed by atoms with van der Waals surface area (Å²) in [7, 11) is -0.539. The highest BCUT2D eigenvalue weighted by molar-refractivity contribution is 7.85. The van der Waals surface area contributed by atoms with E-state index in [-0.39, 0.29) is 0 Å². The van der Waals surface area contributed by atoms with Crippen LogP contribution in [0.1, 0.15) is 42.7 Å². The first-order valence-electron chi connectivity index (χ1n) is 7.39. The number of aryl methyl sites for hydroxylation is 1. The van der Waals surface area contributed by atoms with Crippen molar-refractivity contribution in [1.29, 1.82) is 0 Å². The van der Waals surface area contributed by atoms with Crippen LogP contribution < -0.4 is 5.32 Å². The second kappa shape index (κ2) is 5.76. The van der Waals surface area contributed by atoms with Crippen molar-refractivity contribution in [2.24, 2.45) is 0 Å². The van der Waals surface area contributed by atoms with Crippen LogP contribution in [-0.2, 0) is 10.8 Å². The summed E-state index contributed by atoms with van der Waals surface area (Å²) in [5.41, 5.74) is 2.96. The van der Waals surface area contributed by atoms with Crippen LogP contribution in [0.15, 0.2) is 24.3 Å². The molecule has 2 aliphatic rings. The molecular formula is C16H23NOS. The summed E-state index contributed by atoms with van der Waals surface area (Å²) in [4.78, 5) is 0. The predicted molar refractivity (Wildman–Crippen MR) is 81.0 cm³/mol. The summed E-state index contributed by atoms with van der Waals surface area (Å²) in [6, 6.07) is 10.1. The normalized spacial score (nSPS) is 34.8. The smallest absolute Gasteiger partial charge is 0.0249 e. The van der Waals surface area contributed by atoms with Gasteiger partial charge in [0, 0.05) is 34.4 Å². The topological polar surface area (TPSA) is 29.1 Å². The van der Waals surface area contributed by atoms with E-state index >= 15 is 0 Å².